The number of hydrogen-bond donors (Lipinski definition) is 1. The van der Waals surface area contributed by atoms with Gasteiger partial charge in [0.05, 0.1) is 5.56 Å². The van der Waals surface area contributed by atoms with Crippen LogP contribution in [0.15, 0.2) is 28.7 Å². The average Bonchev–Trinajstić information content (AvgIpc) is 2.78. The zero-order valence-corrected chi connectivity index (χ0v) is 8.30. The summed E-state index contributed by atoms with van der Waals surface area (Å²) >= 11 is 0. The van der Waals surface area contributed by atoms with E-state index in [9.17, 15) is 13.6 Å². The molecule has 0 bridgehead atoms. The predicted octanol–water partition coefficient (Wildman–Crippen LogP) is 2.37. The van der Waals surface area contributed by atoms with E-state index < -0.39 is 18.3 Å². The minimum absolute atomic E-state index is 0.0720. The molecule has 0 aliphatic heterocycles. The number of halogens is 2. The first-order valence-corrected chi connectivity index (χ1v) is 4.53. The molecule has 0 aliphatic rings. The highest BCUT2D eigenvalue weighted by atomic mass is 19.3. The molecule has 0 unspecified atom stereocenters. The lowest BCUT2D eigenvalue weighted by Crippen LogP contribution is -1.94. The summed E-state index contributed by atoms with van der Waals surface area (Å²) in [4.78, 5) is 10.6. The Morgan fingerprint density at radius 2 is 1.88 bits per heavy atom. The highest BCUT2D eigenvalue weighted by Gasteiger charge is 2.17. The molecule has 2 rings (SSSR count). The third kappa shape index (κ3) is 2.27. The highest BCUT2D eigenvalue weighted by molar-refractivity contribution is 5.88. The van der Waals surface area contributed by atoms with Crippen molar-refractivity contribution in [2.24, 2.45) is 0 Å². The Balaban J connectivity index is 2.30. The first-order chi connectivity index (χ1) is 8.08. The van der Waals surface area contributed by atoms with Crippen LogP contribution < -0.4 is 0 Å². The molecule has 5 nitrogen and oxygen atoms in total. The van der Waals surface area contributed by atoms with Gasteiger partial charge in [-0.05, 0) is 24.3 Å². The minimum Gasteiger partial charge on any atom is -0.478 e. The number of hydrogen-bond acceptors (Lipinski definition) is 4. The number of aromatic carboxylic acids is 1. The Kier molecular flexibility index (Phi) is 2.82. The summed E-state index contributed by atoms with van der Waals surface area (Å²) in [6.45, 7) is 0. The Morgan fingerprint density at radius 3 is 2.35 bits per heavy atom. The highest BCUT2D eigenvalue weighted by Crippen LogP contribution is 2.23. The van der Waals surface area contributed by atoms with Crippen molar-refractivity contribution in [1.82, 2.24) is 10.2 Å². The number of alkyl halides is 2. The molecule has 2 aromatic rings. The van der Waals surface area contributed by atoms with Gasteiger partial charge in [0.15, 0.2) is 0 Å². The molecule has 7 heteroatoms. The number of rotatable bonds is 3. The van der Waals surface area contributed by atoms with Crippen molar-refractivity contribution in [2.75, 3.05) is 0 Å². The number of carboxylic acids is 1. The summed E-state index contributed by atoms with van der Waals surface area (Å²) in [5, 5.41) is 15.3. The number of carbonyl (C=O) groups is 1. The van der Waals surface area contributed by atoms with Crippen LogP contribution in [-0.4, -0.2) is 21.3 Å². The van der Waals surface area contributed by atoms with Crippen LogP contribution in [0, 0.1) is 0 Å². The summed E-state index contributed by atoms with van der Waals surface area (Å²) in [5.41, 5.74) is 0.469. The fraction of sp³-hybridized carbons (Fsp3) is 0.100. The maximum Gasteiger partial charge on any atom is 0.335 e. The number of nitrogens with zero attached hydrogens (tertiary/aromatic N) is 2. The molecule has 0 radical (unpaired) electrons. The largest absolute Gasteiger partial charge is 0.478 e. The number of aromatic nitrogens is 2. The van der Waals surface area contributed by atoms with E-state index in [0.717, 1.165) is 0 Å². The lowest BCUT2D eigenvalue weighted by Gasteiger charge is -1.96. The van der Waals surface area contributed by atoms with E-state index in [2.05, 4.69) is 10.2 Å². The van der Waals surface area contributed by atoms with Gasteiger partial charge >= 0.3 is 12.4 Å². The van der Waals surface area contributed by atoms with Crippen LogP contribution in [-0.2, 0) is 0 Å². The molecule has 1 heterocycles. The summed E-state index contributed by atoms with van der Waals surface area (Å²) in [7, 11) is 0. The molecular formula is C10H6F2N2O3. The lowest BCUT2D eigenvalue weighted by molar-refractivity contribution is 0.0697. The van der Waals surface area contributed by atoms with Gasteiger partial charge in [-0.15, -0.1) is 10.2 Å². The van der Waals surface area contributed by atoms with Crippen LogP contribution in [0.2, 0.25) is 0 Å². The molecule has 88 valence electrons. The van der Waals surface area contributed by atoms with Gasteiger partial charge in [-0.25, -0.2) is 4.79 Å². The fourth-order valence-electron chi connectivity index (χ4n) is 1.19. The van der Waals surface area contributed by atoms with Crippen molar-refractivity contribution < 1.29 is 23.1 Å². The van der Waals surface area contributed by atoms with Crippen molar-refractivity contribution in [3.63, 3.8) is 0 Å². The van der Waals surface area contributed by atoms with Crippen LogP contribution in [0.3, 0.4) is 0 Å². The molecule has 1 N–H and O–H groups in total. The Bertz CT molecular complexity index is 537. The third-order valence-electron chi connectivity index (χ3n) is 2.01. The average molecular weight is 240 g/mol. The summed E-state index contributed by atoms with van der Waals surface area (Å²) < 4.78 is 29.1. The molecule has 0 saturated heterocycles. The van der Waals surface area contributed by atoms with Gasteiger partial charge in [0.1, 0.15) is 0 Å². The van der Waals surface area contributed by atoms with Gasteiger partial charge in [-0.1, -0.05) is 0 Å². The topological polar surface area (TPSA) is 76.2 Å². The van der Waals surface area contributed by atoms with Gasteiger partial charge in [0.2, 0.25) is 5.89 Å². The molecule has 0 spiro atoms. The molecule has 0 saturated carbocycles. The van der Waals surface area contributed by atoms with E-state index >= 15 is 0 Å². The number of benzene rings is 1. The molecular weight excluding hydrogens is 234 g/mol. The van der Waals surface area contributed by atoms with Crippen molar-refractivity contribution in [1.29, 1.82) is 0 Å². The van der Waals surface area contributed by atoms with Crippen molar-refractivity contribution >= 4 is 5.97 Å². The van der Waals surface area contributed by atoms with E-state index in [4.69, 9.17) is 9.52 Å². The number of carboxylic acid groups (broad SMARTS) is 1. The zero-order valence-electron chi connectivity index (χ0n) is 8.30. The van der Waals surface area contributed by atoms with E-state index in [-0.39, 0.29) is 11.5 Å². The lowest BCUT2D eigenvalue weighted by atomic mass is 10.1. The normalized spacial score (nSPS) is 10.8. The van der Waals surface area contributed by atoms with Crippen molar-refractivity contribution in [3.8, 4) is 11.5 Å². The monoisotopic (exact) mass is 240 g/mol. The van der Waals surface area contributed by atoms with Crippen molar-refractivity contribution in [3.05, 3.63) is 35.7 Å². The van der Waals surface area contributed by atoms with E-state index in [1.54, 1.807) is 0 Å². The smallest absolute Gasteiger partial charge is 0.335 e. The molecule has 1 aromatic heterocycles. The summed E-state index contributed by atoms with van der Waals surface area (Å²) in [6.07, 6.45) is -2.82. The molecule has 0 amide bonds. The first kappa shape index (κ1) is 11.2. The van der Waals surface area contributed by atoms with Crippen molar-refractivity contribution in [2.45, 2.75) is 6.43 Å². The van der Waals surface area contributed by atoms with Gasteiger partial charge in [-0.3, -0.25) is 0 Å². The van der Waals surface area contributed by atoms with Crippen LogP contribution in [0.5, 0.6) is 0 Å². The van der Waals surface area contributed by atoms with Crippen LogP contribution in [0.4, 0.5) is 8.78 Å². The van der Waals surface area contributed by atoms with Gasteiger partial charge in [0, 0.05) is 5.56 Å². The van der Waals surface area contributed by atoms with Gasteiger partial charge < -0.3 is 9.52 Å². The van der Waals surface area contributed by atoms with Gasteiger partial charge in [-0.2, -0.15) is 8.78 Å². The zero-order chi connectivity index (χ0) is 12.4. The minimum atomic E-state index is -2.82. The SMILES string of the molecule is O=C(O)c1ccc(-c2nnc(C(F)F)o2)cc1. The van der Waals surface area contributed by atoms with E-state index in [0.29, 0.717) is 5.56 Å². The Morgan fingerprint density at radius 1 is 1.24 bits per heavy atom. The first-order valence-electron chi connectivity index (χ1n) is 4.53. The molecule has 1 aromatic carbocycles. The van der Waals surface area contributed by atoms with E-state index in [1.807, 2.05) is 0 Å². The second-order valence-electron chi connectivity index (χ2n) is 3.13. The maximum absolute atomic E-state index is 12.2. The third-order valence-corrected chi connectivity index (χ3v) is 2.01. The Hall–Kier alpha value is -2.31. The van der Waals surface area contributed by atoms with Crippen LogP contribution in [0.25, 0.3) is 11.5 Å². The maximum atomic E-state index is 12.2. The standard InChI is InChI=1S/C10H6F2N2O3/c11-7(12)9-14-13-8(17-9)5-1-3-6(4-2-5)10(15)16/h1-4,7H,(H,15,16). The quantitative estimate of drug-likeness (QED) is 0.891. The van der Waals surface area contributed by atoms with Crippen LogP contribution in [0.1, 0.15) is 22.7 Å². The Labute approximate surface area is 93.7 Å². The van der Waals surface area contributed by atoms with E-state index in [1.165, 1.54) is 24.3 Å². The summed E-state index contributed by atoms with van der Waals surface area (Å²) in [6, 6.07) is 5.46. The fourth-order valence-corrected chi connectivity index (χ4v) is 1.19. The van der Waals surface area contributed by atoms with Crippen LogP contribution >= 0.6 is 0 Å². The molecule has 0 fully saturated rings. The van der Waals surface area contributed by atoms with Gasteiger partial charge in [0.25, 0.3) is 5.89 Å². The summed E-state index contributed by atoms with van der Waals surface area (Å²) in [5.74, 6) is -1.91. The second-order valence-corrected chi connectivity index (χ2v) is 3.13. The molecule has 0 atom stereocenters. The second kappa shape index (κ2) is 4.28. The predicted molar refractivity (Wildman–Crippen MR) is 51.7 cm³/mol. The molecule has 17 heavy (non-hydrogen) atoms. The molecule has 0 aliphatic carbocycles.